The van der Waals surface area contributed by atoms with Crippen molar-refractivity contribution in [3.8, 4) is 0 Å². The molecule has 1 aliphatic rings. The number of benzene rings is 1. The number of rotatable bonds is 3. The van der Waals surface area contributed by atoms with Gasteiger partial charge in [-0.05, 0) is 44.0 Å². The van der Waals surface area contributed by atoms with Crippen molar-refractivity contribution in [3.63, 3.8) is 0 Å². The fraction of sp³-hybridized carbons (Fsp3) is 0.538. The van der Waals surface area contributed by atoms with Gasteiger partial charge in [-0.3, -0.25) is 4.90 Å². The molecular weight excluding hydrogens is 241 g/mol. The molecule has 1 aromatic rings. The summed E-state index contributed by atoms with van der Waals surface area (Å²) in [6.45, 7) is 2.61. The van der Waals surface area contributed by atoms with Crippen molar-refractivity contribution in [2.45, 2.75) is 19.4 Å². The Morgan fingerprint density at radius 3 is 2.65 bits per heavy atom. The average molecular weight is 258 g/mol. The molecule has 0 atom stereocenters. The maximum atomic E-state index is 13.6. The van der Waals surface area contributed by atoms with Crippen LogP contribution < -0.4 is 0 Å². The van der Waals surface area contributed by atoms with E-state index in [1.807, 2.05) is 0 Å². The molecular formula is C13H17ClFNO. The number of likely N-dealkylation sites (tertiary alicyclic amines) is 1. The van der Waals surface area contributed by atoms with Crippen molar-refractivity contribution in [2.24, 2.45) is 5.92 Å². The van der Waals surface area contributed by atoms with Gasteiger partial charge in [0.1, 0.15) is 5.82 Å². The molecule has 0 aromatic heterocycles. The molecule has 1 fully saturated rings. The minimum atomic E-state index is -0.234. The number of aliphatic hydroxyl groups is 1. The number of aliphatic hydroxyl groups excluding tert-OH is 1. The predicted octanol–water partition coefficient (Wildman–Crippen LogP) is 2.68. The van der Waals surface area contributed by atoms with Gasteiger partial charge in [0.05, 0.1) is 0 Å². The molecule has 94 valence electrons. The maximum absolute atomic E-state index is 13.6. The second-order valence-corrected chi connectivity index (χ2v) is 5.01. The highest BCUT2D eigenvalue weighted by Gasteiger charge is 2.20. The topological polar surface area (TPSA) is 23.5 Å². The molecule has 4 heteroatoms. The van der Waals surface area contributed by atoms with Crippen LogP contribution in [0.3, 0.4) is 0 Å². The van der Waals surface area contributed by atoms with Gasteiger partial charge in [-0.15, -0.1) is 0 Å². The third-order valence-corrected chi connectivity index (χ3v) is 3.76. The molecule has 0 saturated carbocycles. The van der Waals surface area contributed by atoms with E-state index in [1.54, 1.807) is 12.1 Å². The van der Waals surface area contributed by atoms with Gasteiger partial charge in [-0.1, -0.05) is 17.7 Å². The molecule has 0 unspecified atom stereocenters. The lowest BCUT2D eigenvalue weighted by molar-refractivity contribution is 0.126. The Hall–Kier alpha value is -0.640. The van der Waals surface area contributed by atoms with Crippen molar-refractivity contribution >= 4 is 11.6 Å². The quantitative estimate of drug-likeness (QED) is 0.900. The van der Waals surface area contributed by atoms with E-state index in [1.165, 1.54) is 6.07 Å². The first kappa shape index (κ1) is 12.8. The molecule has 0 bridgehead atoms. The van der Waals surface area contributed by atoms with Crippen LogP contribution in [-0.2, 0) is 6.54 Å². The lowest BCUT2D eigenvalue weighted by atomic mass is 9.97. The molecule has 2 rings (SSSR count). The zero-order valence-electron chi connectivity index (χ0n) is 9.70. The van der Waals surface area contributed by atoms with Gasteiger partial charge in [-0.2, -0.15) is 0 Å². The van der Waals surface area contributed by atoms with Gasteiger partial charge in [0, 0.05) is 23.7 Å². The van der Waals surface area contributed by atoms with E-state index in [0.717, 1.165) is 25.9 Å². The second kappa shape index (κ2) is 5.80. The summed E-state index contributed by atoms with van der Waals surface area (Å²) in [5.74, 6) is 0.170. The van der Waals surface area contributed by atoms with Crippen molar-refractivity contribution in [1.82, 2.24) is 4.90 Å². The lowest BCUT2D eigenvalue weighted by Gasteiger charge is -2.31. The molecule has 2 nitrogen and oxygen atoms in total. The van der Waals surface area contributed by atoms with Crippen LogP contribution in [0.4, 0.5) is 4.39 Å². The van der Waals surface area contributed by atoms with E-state index in [-0.39, 0.29) is 12.4 Å². The first-order valence-corrected chi connectivity index (χ1v) is 6.34. The number of halogens is 2. The molecule has 17 heavy (non-hydrogen) atoms. The first-order valence-electron chi connectivity index (χ1n) is 5.97. The number of hydrogen-bond acceptors (Lipinski definition) is 2. The summed E-state index contributed by atoms with van der Waals surface area (Å²) < 4.78 is 13.6. The first-order chi connectivity index (χ1) is 8.20. The predicted molar refractivity (Wildman–Crippen MR) is 66.5 cm³/mol. The lowest BCUT2D eigenvalue weighted by Crippen LogP contribution is -2.34. The molecule has 1 saturated heterocycles. The molecule has 1 aliphatic heterocycles. The molecule has 0 aliphatic carbocycles. The summed E-state index contributed by atoms with van der Waals surface area (Å²) in [6.07, 6.45) is 1.95. The average Bonchev–Trinajstić information content (AvgIpc) is 2.35. The van der Waals surface area contributed by atoms with Gasteiger partial charge >= 0.3 is 0 Å². The van der Waals surface area contributed by atoms with Crippen molar-refractivity contribution in [1.29, 1.82) is 0 Å². The smallest absolute Gasteiger partial charge is 0.129 e. The van der Waals surface area contributed by atoms with Crippen LogP contribution in [0.2, 0.25) is 5.02 Å². The van der Waals surface area contributed by atoms with Crippen LogP contribution in [0.25, 0.3) is 0 Å². The Balaban J connectivity index is 1.98. The molecule has 0 radical (unpaired) electrons. The van der Waals surface area contributed by atoms with E-state index in [9.17, 15) is 4.39 Å². The summed E-state index contributed by atoms with van der Waals surface area (Å²) >= 11 is 6.00. The minimum Gasteiger partial charge on any atom is -0.396 e. The highest BCUT2D eigenvalue weighted by molar-refractivity contribution is 6.31. The minimum absolute atomic E-state index is 0.234. The Morgan fingerprint density at radius 1 is 1.35 bits per heavy atom. The fourth-order valence-electron chi connectivity index (χ4n) is 2.23. The third-order valence-electron chi connectivity index (χ3n) is 3.41. The molecule has 0 amide bonds. The zero-order valence-corrected chi connectivity index (χ0v) is 10.5. The van der Waals surface area contributed by atoms with Crippen LogP contribution in [0, 0.1) is 11.7 Å². The third kappa shape index (κ3) is 3.18. The number of nitrogens with zero attached hydrogens (tertiary/aromatic N) is 1. The maximum Gasteiger partial charge on any atom is 0.129 e. The van der Waals surface area contributed by atoms with Gasteiger partial charge in [0.25, 0.3) is 0 Å². The van der Waals surface area contributed by atoms with Crippen LogP contribution >= 0.6 is 11.6 Å². The Morgan fingerprint density at radius 2 is 2.06 bits per heavy atom. The van der Waals surface area contributed by atoms with Gasteiger partial charge < -0.3 is 5.11 Å². The Bertz CT molecular complexity index is 357. The second-order valence-electron chi connectivity index (χ2n) is 4.60. The van der Waals surface area contributed by atoms with Crippen LogP contribution in [0.15, 0.2) is 18.2 Å². The highest BCUT2D eigenvalue weighted by atomic mass is 35.5. The van der Waals surface area contributed by atoms with Gasteiger partial charge in [-0.25, -0.2) is 4.39 Å². The fourth-order valence-corrected chi connectivity index (χ4v) is 2.46. The van der Waals surface area contributed by atoms with E-state index in [4.69, 9.17) is 16.7 Å². The van der Waals surface area contributed by atoms with E-state index in [0.29, 0.717) is 23.0 Å². The highest BCUT2D eigenvalue weighted by Crippen LogP contribution is 2.23. The summed E-state index contributed by atoms with van der Waals surface area (Å²) in [6, 6.07) is 4.79. The normalized spacial score (nSPS) is 18.5. The van der Waals surface area contributed by atoms with Crippen molar-refractivity contribution < 1.29 is 9.50 Å². The molecule has 1 heterocycles. The van der Waals surface area contributed by atoms with E-state index in [2.05, 4.69) is 4.90 Å². The van der Waals surface area contributed by atoms with Crippen LogP contribution in [-0.4, -0.2) is 29.7 Å². The summed E-state index contributed by atoms with van der Waals surface area (Å²) in [5.41, 5.74) is 0.580. The molecule has 1 aromatic carbocycles. The Labute approximate surface area is 106 Å². The summed E-state index contributed by atoms with van der Waals surface area (Å²) in [7, 11) is 0. The number of piperidine rings is 1. The van der Waals surface area contributed by atoms with Crippen LogP contribution in [0.1, 0.15) is 18.4 Å². The molecule has 0 spiro atoms. The standard InChI is InChI=1S/C13H17ClFNO/c14-12-2-1-3-13(15)11(12)8-16-6-4-10(9-17)5-7-16/h1-3,10,17H,4-9H2. The van der Waals surface area contributed by atoms with E-state index >= 15 is 0 Å². The summed E-state index contributed by atoms with van der Waals surface area (Å²) in [5, 5.41) is 9.55. The van der Waals surface area contributed by atoms with E-state index < -0.39 is 0 Å². The monoisotopic (exact) mass is 257 g/mol. The van der Waals surface area contributed by atoms with Gasteiger partial charge in [0.15, 0.2) is 0 Å². The molecule has 1 N–H and O–H groups in total. The largest absolute Gasteiger partial charge is 0.396 e. The SMILES string of the molecule is OCC1CCN(Cc2c(F)cccc2Cl)CC1. The zero-order chi connectivity index (χ0) is 12.3. The van der Waals surface area contributed by atoms with Crippen molar-refractivity contribution in [2.75, 3.05) is 19.7 Å². The van der Waals surface area contributed by atoms with Gasteiger partial charge in [0.2, 0.25) is 0 Å². The summed E-state index contributed by atoms with van der Waals surface area (Å²) in [4.78, 5) is 2.19. The van der Waals surface area contributed by atoms with Crippen molar-refractivity contribution in [3.05, 3.63) is 34.6 Å². The Kier molecular flexibility index (Phi) is 4.37. The number of hydrogen-bond donors (Lipinski definition) is 1. The van der Waals surface area contributed by atoms with Crippen LogP contribution in [0.5, 0.6) is 0 Å².